The highest BCUT2D eigenvalue weighted by molar-refractivity contribution is 5.79. The van der Waals surface area contributed by atoms with Crippen molar-refractivity contribution in [2.75, 3.05) is 19.6 Å². The maximum absolute atomic E-state index is 4.55. The fourth-order valence-corrected chi connectivity index (χ4v) is 2.79. The number of aromatic nitrogens is 1. The van der Waals surface area contributed by atoms with Gasteiger partial charge < -0.3 is 5.32 Å². The van der Waals surface area contributed by atoms with Crippen molar-refractivity contribution >= 4 is 10.9 Å². The molecule has 19 heavy (non-hydrogen) atoms. The van der Waals surface area contributed by atoms with E-state index < -0.39 is 0 Å². The van der Waals surface area contributed by atoms with Gasteiger partial charge in [-0.1, -0.05) is 12.1 Å². The second kappa shape index (κ2) is 5.27. The van der Waals surface area contributed by atoms with Crippen LogP contribution >= 0.6 is 0 Å². The van der Waals surface area contributed by atoms with Crippen molar-refractivity contribution < 1.29 is 0 Å². The number of hydrogen-bond donors (Lipinski definition) is 1. The van der Waals surface area contributed by atoms with Crippen LogP contribution < -0.4 is 5.32 Å². The Hall–Kier alpha value is -1.45. The van der Waals surface area contributed by atoms with Crippen molar-refractivity contribution in [2.24, 2.45) is 0 Å². The molecule has 0 bridgehead atoms. The molecule has 1 saturated heterocycles. The molecule has 1 aliphatic rings. The Balaban J connectivity index is 1.79. The summed E-state index contributed by atoms with van der Waals surface area (Å²) in [4.78, 5) is 7.07. The van der Waals surface area contributed by atoms with Gasteiger partial charge in [0.05, 0.1) is 5.52 Å². The molecule has 1 aromatic heterocycles. The second-order valence-electron chi connectivity index (χ2n) is 5.57. The van der Waals surface area contributed by atoms with Crippen LogP contribution in [0.2, 0.25) is 0 Å². The highest BCUT2D eigenvalue weighted by atomic mass is 15.2. The van der Waals surface area contributed by atoms with Crippen LogP contribution in [0.25, 0.3) is 10.9 Å². The Bertz CT molecular complexity index is 579. The van der Waals surface area contributed by atoms with Gasteiger partial charge in [0.25, 0.3) is 0 Å². The molecule has 0 aliphatic carbocycles. The van der Waals surface area contributed by atoms with Crippen LogP contribution in [0.1, 0.15) is 18.2 Å². The molecular weight excluding hydrogens is 234 g/mol. The minimum Gasteiger partial charge on any atom is -0.312 e. The number of piperazine rings is 1. The summed E-state index contributed by atoms with van der Waals surface area (Å²) in [5.74, 6) is 0. The Morgan fingerprint density at radius 2 is 2.21 bits per heavy atom. The molecule has 3 nitrogen and oxygen atoms in total. The summed E-state index contributed by atoms with van der Waals surface area (Å²) in [7, 11) is 0. The summed E-state index contributed by atoms with van der Waals surface area (Å²) < 4.78 is 0. The summed E-state index contributed by atoms with van der Waals surface area (Å²) in [5, 5.41) is 4.72. The van der Waals surface area contributed by atoms with Crippen molar-refractivity contribution in [1.82, 2.24) is 15.2 Å². The summed E-state index contributed by atoms with van der Waals surface area (Å²) >= 11 is 0. The van der Waals surface area contributed by atoms with E-state index in [1.165, 1.54) is 10.9 Å². The quantitative estimate of drug-likeness (QED) is 0.892. The summed E-state index contributed by atoms with van der Waals surface area (Å²) in [6.07, 6.45) is 0. The maximum atomic E-state index is 4.55. The zero-order chi connectivity index (χ0) is 13.2. The van der Waals surface area contributed by atoms with Gasteiger partial charge in [0.2, 0.25) is 0 Å². The van der Waals surface area contributed by atoms with Gasteiger partial charge in [0, 0.05) is 43.3 Å². The normalized spacial score (nSPS) is 20.8. The standard InChI is InChI=1S/C16H21N3/c1-12-3-5-15-9-14(4-6-16(15)18-12)11-19-8-7-17-13(2)10-19/h3-6,9,13,17H,7-8,10-11H2,1-2H3. The van der Waals surface area contributed by atoms with E-state index in [0.717, 1.165) is 37.4 Å². The highest BCUT2D eigenvalue weighted by Crippen LogP contribution is 2.16. The first-order valence-corrected chi connectivity index (χ1v) is 7.03. The molecule has 2 heterocycles. The zero-order valence-electron chi connectivity index (χ0n) is 11.7. The van der Waals surface area contributed by atoms with E-state index in [9.17, 15) is 0 Å². The van der Waals surface area contributed by atoms with Gasteiger partial charge in [-0.15, -0.1) is 0 Å². The number of nitrogens with zero attached hydrogens (tertiary/aromatic N) is 2. The fraction of sp³-hybridized carbons (Fsp3) is 0.438. The van der Waals surface area contributed by atoms with Gasteiger partial charge >= 0.3 is 0 Å². The van der Waals surface area contributed by atoms with Crippen molar-refractivity contribution in [3.63, 3.8) is 0 Å². The third-order valence-corrected chi connectivity index (χ3v) is 3.75. The first-order chi connectivity index (χ1) is 9.20. The molecule has 100 valence electrons. The molecule has 0 saturated carbocycles. The zero-order valence-corrected chi connectivity index (χ0v) is 11.7. The molecule has 3 rings (SSSR count). The Kier molecular flexibility index (Phi) is 3.49. The monoisotopic (exact) mass is 255 g/mol. The lowest BCUT2D eigenvalue weighted by molar-refractivity contribution is 0.200. The van der Waals surface area contributed by atoms with Gasteiger partial charge in [-0.25, -0.2) is 0 Å². The SMILES string of the molecule is Cc1ccc2cc(CN3CCNC(C)C3)ccc2n1. The van der Waals surface area contributed by atoms with Gasteiger partial charge in [0.15, 0.2) is 0 Å². The minimum absolute atomic E-state index is 0.596. The van der Waals surface area contributed by atoms with Crippen LogP contribution in [0.3, 0.4) is 0 Å². The Morgan fingerprint density at radius 1 is 1.32 bits per heavy atom. The lowest BCUT2D eigenvalue weighted by Gasteiger charge is -2.31. The van der Waals surface area contributed by atoms with Crippen molar-refractivity contribution in [2.45, 2.75) is 26.4 Å². The van der Waals surface area contributed by atoms with Crippen LogP contribution in [-0.2, 0) is 6.54 Å². The van der Waals surface area contributed by atoms with Gasteiger partial charge in [-0.2, -0.15) is 0 Å². The van der Waals surface area contributed by atoms with Gasteiger partial charge in [0.1, 0.15) is 0 Å². The highest BCUT2D eigenvalue weighted by Gasteiger charge is 2.15. The predicted molar refractivity (Wildman–Crippen MR) is 79.2 cm³/mol. The first kappa shape index (κ1) is 12.6. The van der Waals surface area contributed by atoms with Crippen molar-refractivity contribution in [1.29, 1.82) is 0 Å². The molecular formula is C16H21N3. The van der Waals surface area contributed by atoms with Gasteiger partial charge in [-0.3, -0.25) is 9.88 Å². The number of fused-ring (bicyclic) bond motifs is 1. The number of rotatable bonds is 2. The maximum Gasteiger partial charge on any atom is 0.0705 e. The number of hydrogen-bond acceptors (Lipinski definition) is 3. The molecule has 1 aliphatic heterocycles. The molecule has 0 radical (unpaired) electrons. The molecule has 1 atom stereocenters. The fourth-order valence-electron chi connectivity index (χ4n) is 2.79. The second-order valence-corrected chi connectivity index (χ2v) is 5.57. The average Bonchev–Trinajstić information content (AvgIpc) is 2.39. The van der Waals surface area contributed by atoms with E-state index in [1.807, 2.05) is 6.92 Å². The van der Waals surface area contributed by atoms with Crippen LogP contribution in [0.5, 0.6) is 0 Å². The van der Waals surface area contributed by atoms with Crippen molar-refractivity contribution in [3.8, 4) is 0 Å². The predicted octanol–water partition coefficient (Wildman–Crippen LogP) is 2.34. The smallest absolute Gasteiger partial charge is 0.0705 e. The van der Waals surface area contributed by atoms with E-state index in [0.29, 0.717) is 6.04 Å². The van der Waals surface area contributed by atoms with E-state index in [1.54, 1.807) is 0 Å². The molecule has 0 spiro atoms. The number of benzene rings is 1. The average molecular weight is 255 g/mol. The topological polar surface area (TPSA) is 28.2 Å². The number of nitrogens with one attached hydrogen (secondary N) is 1. The van der Waals surface area contributed by atoms with E-state index >= 15 is 0 Å². The third kappa shape index (κ3) is 2.94. The molecule has 1 fully saturated rings. The Labute approximate surface area is 114 Å². The van der Waals surface area contributed by atoms with Crippen LogP contribution in [0.15, 0.2) is 30.3 Å². The molecule has 1 N–H and O–H groups in total. The third-order valence-electron chi connectivity index (χ3n) is 3.75. The van der Waals surface area contributed by atoms with Crippen LogP contribution in [0, 0.1) is 6.92 Å². The molecule has 2 aromatic rings. The minimum atomic E-state index is 0.596. The van der Waals surface area contributed by atoms with Crippen LogP contribution in [-0.4, -0.2) is 35.6 Å². The first-order valence-electron chi connectivity index (χ1n) is 7.03. The van der Waals surface area contributed by atoms with Crippen molar-refractivity contribution in [3.05, 3.63) is 41.6 Å². The molecule has 3 heteroatoms. The lowest BCUT2D eigenvalue weighted by Crippen LogP contribution is -2.48. The van der Waals surface area contributed by atoms with E-state index in [2.05, 4.69) is 52.5 Å². The van der Waals surface area contributed by atoms with E-state index in [-0.39, 0.29) is 0 Å². The van der Waals surface area contributed by atoms with Gasteiger partial charge in [-0.05, 0) is 37.6 Å². The number of pyridine rings is 1. The summed E-state index contributed by atoms with van der Waals surface area (Å²) in [6, 6.07) is 11.5. The molecule has 1 unspecified atom stereocenters. The number of aryl methyl sites for hydroxylation is 1. The summed E-state index contributed by atoms with van der Waals surface area (Å²) in [6.45, 7) is 8.68. The lowest BCUT2D eigenvalue weighted by atomic mass is 10.1. The largest absolute Gasteiger partial charge is 0.312 e. The van der Waals surface area contributed by atoms with Crippen LogP contribution in [0.4, 0.5) is 0 Å². The Morgan fingerprint density at radius 3 is 3.05 bits per heavy atom. The van der Waals surface area contributed by atoms with E-state index in [4.69, 9.17) is 0 Å². The molecule has 1 aromatic carbocycles. The molecule has 0 amide bonds. The summed E-state index contributed by atoms with van der Waals surface area (Å²) in [5.41, 5.74) is 3.56.